The molecule has 1 aromatic heterocycles. The summed E-state index contributed by atoms with van der Waals surface area (Å²) >= 11 is 5.85. The summed E-state index contributed by atoms with van der Waals surface area (Å²) in [5.41, 5.74) is 0.255. The van der Waals surface area contributed by atoms with Gasteiger partial charge in [0, 0.05) is 18.5 Å². The molecule has 11 heteroatoms. The number of ether oxygens (including phenoxy) is 1. The zero-order chi connectivity index (χ0) is 22.3. The van der Waals surface area contributed by atoms with Crippen LogP contribution in [0.25, 0.3) is 0 Å². The fraction of sp³-hybridized carbons (Fsp3) is 0.158. The highest BCUT2D eigenvalue weighted by Gasteiger charge is 2.36. The number of anilines is 2. The van der Waals surface area contributed by atoms with Gasteiger partial charge in [-0.1, -0.05) is 23.7 Å². The molecule has 2 N–H and O–H groups in total. The van der Waals surface area contributed by atoms with Crippen molar-refractivity contribution in [2.45, 2.75) is 19.2 Å². The van der Waals surface area contributed by atoms with Gasteiger partial charge >= 0.3 is 12.1 Å². The van der Waals surface area contributed by atoms with E-state index in [9.17, 15) is 27.6 Å². The van der Waals surface area contributed by atoms with Crippen LogP contribution in [0, 0.1) is 0 Å². The highest BCUT2D eigenvalue weighted by atomic mass is 35.5. The second kappa shape index (κ2) is 9.88. The van der Waals surface area contributed by atoms with Crippen LogP contribution in [0.4, 0.5) is 24.5 Å². The summed E-state index contributed by atoms with van der Waals surface area (Å²) in [6.45, 7) is 1.33. The SMILES string of the molecule is CC(OC(=O)c1ccccc1N/C=C/C(=O)C(F)(F)F)C(=O)Nc1cccnc1Cl. The van der Waals surface area contributed by atoms with E-state index in [4.69, 9.17) is 16.3 Å². The smallest absolute Gasteiger partial charge is 0.449 e. The Hall–Kier alpha value is -3.40. The number of nitrogens with one attached hydrogen (secondary N) is 2. The Morgan fingerprint density at radius 1 is 1.13 bits per heavy atom. The number of alkyl halides is 3. The third-order valence-electron chi connectivity index (χ3n) is 3.57. The minimum absolute atomic E-state index is 0.0547. The monoisotopic (exact) mass is 441 g/mol. The predicted octanol–water partition coefficient (Wildman–Crippen LogP) is 3.98. The van der Waals surface area contributed by atoms with Gasteiger partial charge in [-0.3, -0.25) is 9.59 Å². The third kappa shape index (κ3) is 6.31. The number of rotatable bonds is 7. The Morgan fingerprint density at radius 2 is 1.80 bits per heavy atom. The van der Waals surface area contributed by atoms with Gasteiger partial charge in [-0.05, 0) is 31.2 Å². The van der Waals surface area contributed by atoms with Gasteiger partial charge < -0.3 is 15.4 Å². The van der Waals surface area contributed by atoms with Crippen molar-refractivity contribution in [1.82, 2.24) is 4.98 Å². The summed E-state index contributed by atoms with van der Waals surface area (Å²) in [5, 5.41) is 4.93. The lowest BCUT2D eigenvalue weighted by molar-refractivity contribution is -0.165. The number of esters is 1. The first kappa shape index (κ1) is 22.9. The minimum atomic E-state index is -5.00. The van der Waals surface area contributed by atoms with Crippen LogP contribution in [-0.2, 0) is 14.3 Å². The number of para-hydroxylation sites is 1. The van der Waals surface area contributed by atoms with Crippen molar-refractivity contribution in [3.05, 3.63) is 65.6 Å². The molecule has 0 saturated carbocycles. The lowest BCUT2D eigenvalue weighted by Crippen LogP contribution is -2.30. The Labute approximate surface area is 173 Å². The normalized spacial score (nSPS) is 12.3. The predicted molar refractivity (Wildman–Crippen MR) is 103 cm³/mol. The summed E-state index contributed by atoms with van der Waals surface area (Å²) in [7, 11) is 0. The van der Waals surface area contributed by atoms with Crippen LogP contribution in [0.5, 0.6) is 0 Å². The third-order valence-corrected chi connectivity index (χ3v) is 3.87. The Bertz CT molecular complexity index is 979. The zero-order valence-electron chi connectivity index (χ0n) is 15.4. The topological polar surface area (TPSA) is 97.4 Å². The summed E-state index contributed by atoms with van der Waals surface area (Å²) in [4.78, 5) is 39.3. The first-order valence-corrected chi connectivity index (χ1v) is 8.73. The van der Waals surface area contributed by atoms with Crippen molar-refractivity contribution < 1.29 is 32.3 Å². The van der Waals surface area contributed by atoms with Gasteiger partial charge in [0.2, 0.25) is 0 Å². The van der Waals surface area contributed by atoms with Gasteiger partial charge in [-0.25, -0.2) is 9.78 Å². The molecule has 0 radical (unpaired) electrons. The minimum Gasteiger partial charge on any atom is -0.449 e. The summed E-state index contributed by atoms with van der Waals surface area (Å²) < 4.78 is 41.8. The maximum Gasteiger partial charge on any atom is 0.454 e. The van der Waals surface area contributed by atoms with Crippen LogP contribution >= 0.6 is 11.6 Å². The van der Waals surface area contributed by atoms with E-state index < -0.39 is 29.9 Å². The standard InChI is InChI=1S/C19H15ClF3N3O4/c1-11(17(28)26-14-7-4-9-25-16(14)20)30-18(29)12-5-2-3-6-13(12)24-10-8-15(27)19(21,22)23/h2-11,24H,1H3,(H,26,28)/b10-8+. The van der Waals surface area contributed by atoms with Gasteiger partial charge in [0.25, 0.3) is 11.7 Å². The number of aromatic nitrogens is 1. The van der Waals surface area contributed by atoms with E-state index >= 15 is 0 Å². The second-order valence-corrected chi connectivity index (χ2v) is 6.12. The molecule has 0 spiro atoms. The maximum atomic E-state index is 12.4. The van der Waals surface area contributed by atoms with Crippen molar-refractivity contribution in [3.8, 4) is 0 Å². The van der Waals surface area contributed by atoms with Crippen LogP contribution in [0.2, 0.25) is 5.15 Å². The van der Waals surface area contributed by atoms with E-state index in [2.05, 4.69) is 15.6 Å². The molecule has 2 rings (SSSR count). The van der Waals surface area contributed by atoms with E-state index in [0.29, 0.717) is 0 Å². The highest BCUT2D eigenvalue weighted by Crippen LogP contribution is 2.20. The molecule has 1 atom stereocenters. The molecule has 7 nitrogen and oxygen atoms in total. The van der Waals surface area contributed by atoms with Crippen LogP contribution in [-0.4, -0.2) is 34.9 Å². The first-order valence-electron chi connectivity index (χ1n) is 8.35. The molecular weight excluding hydrogens is 427 g/mol. The summed E-state index contributed by atoms with van der Waals surface area (Å²) in [6, 6.07) is 8.80. The van der Waals surface area contributed by atoms with Crippen LogP contribution in [0.1, 0.15) is 17.3 Å². The molecule has 1 amide bonds. The number of carbonyl (C=O) groups excluding carboxylic acids is 3. The number of pyridine rings is 1. The Morgan fingerprint density at radius 3 is 2.47 bits per heavy atom. The molecular formula is C19H15ClF3N3O4. The van der Waals surface area contributed by atoms with Gasteiger partial charge in [0.05, 0.1) is 16.9 Å². The van der Waals surface area contributed by atoms with Gasteiger partial charge in [0.1, 0.15) is 0 Å². The maximum absolute atomic E-state index is 12.4. The van der Waals surface area contributed by atoms with E-state index in [1.165, 1.54) is 43.5 Å². The summed E-state index contributed by atoms with van der Waals surface area (Å²) in [5.74, 6) is -3.64. The number of ketones is 1. The number of allylic oxidation sites excluding steroid dienone is 1. The van der Waals surface area contributed by atoms with Crippen molar-refractivity contribution in [2.75, 3.05) is 10.6 Å². The van der Waals surface area contributed by atoms with E-state index in [-0.39, 0.29) is 28.2 Å². The molecule has 0 aliphatic heterocycles. The first-order chi connectivity index (χ1) is 14.1. The zero-order valence-corrected chi connectivity index (χ0v) is 16.1. The van der Waals surface area contributed by atoms with Crippen LogP contribution in [0.3, 0.4) is 0 Å². The van der Waals surface area contributed by atoms with E-state index in [1.54, 1.807) is 6.07 Å². The fourth-order valence-electron chi connectivity index (χ4n) is 2.08. The molecule has 0 fully saturated rings. The van der Waals surface area contributed by atoms with Crippen molar-refractivity contribution in [2.24, 2.45) is 0 Å². The highest BCUT2D eigenvalue weighted by molar-refractivity contribution is 6.32. The molecule has 0 aliphatic rings. The molecule has 30 heavy (non-hydrogen) atoms. The molecule has 0 aliphatic carbocycles. The van der Waals surface area contributed by atoms with Gasteiger partial charge in [-0.15, -0.1) is 0 Å². The van der Waals surface area contributed by atoms with Gasteiger partial charge in [0.15, 0.2) is 11.3 Å². The largest absolute Gasteiger partial charge is 0.454 e. The van der Waals surface area contributed by atoms with Crippen LogP contribution in [0.15, 0.2) is 54.9 Å². The number of benzene rings is 1. The number of carbonyl (C=O) groups is 3. The lowest BCUT2D eigenvalue weighted by atomic mass is 10.2. The van der Waals surface area contributed by atoms with Crippen molar-refractivity contribution in [3.63, 3.8) is 0 Å². The van der Waals surface area contributed by atoms with Crippen LogP contribution < -0.4 is 10.6 Å². The fourth-order valence-corrected chi connectivity index (χ4v) is 2.25. The number of hydrogen-bond acceptors (Lipinski definition) is 6. The molecule has 1 aromatic carbocycles. The number of amides is 1. The number of nitrogens with zero attached hydrogens (tertiary/aromatic N) is 1. The number of hydrogen-bond donors (Lipinski definition) is 2. The molecule has 158 valence electrons. The van der Waals surface area contributed by atoms with E-state index in [1.807, 2.05) is 0 Å². The van der Waals surface area contributed by atoms with E-state index in [0.717, 1.165) is 6.20 Å². The lowest BCUT2D eigenvalue weighted by Gasteiger charge is -2.15. The summed E-state index contributed by atoms with van der Waals surface area (Å²) in [6.07, 6.45) is -3.75. The second-order valence-electron chi connectivity index (χ2n) is 5.76. The van der Waals surface area contributed by atoms with Crippen molar-refractivity contribution in [1.29, 1.82) is 0 Å². The Balaban J connectivity index is 2.04. The molecule has 1 unspecified atom stereocenters. The molecule has 1 heterocycles. The number of halogens is 4. The van der Waals surface area contributed by atoms with Crippen molar-refractivity contribution >= 4 is 40.6 Å². The molecule has 0 bridgehead atoms. The molecule has 0 saturated heterocycles. The average Bonchev–Trinajstić information content (AvgIpc) is 2.69. The van der Waals surface area contributed by atoms with Gasteiger partial charge in [-0.2, -0.15) is 13.2 Å². The Kier molecular flexibility index (Phi) is 7.54. The quantitative estimate of drug-likeness (QED) is 0.383. The molecule has 2 aromatic rings. The average molecular weight is 442 g/mol.